The van der Waals surface area contributed by atoms with Crippen molar-refractivity contribution in [1.29, 1.82) is 0 Å². The molecule has 1 aromatic rings. The van der Waals surface area contributed by atoms with E-state index in [2.05, 4.69) is 5.92 Å². The molecule has 4 heteroatoms. The minimum absolute atomic E-state index is 0.137. The van der Waals surface area contributed by atoms with Crippen LogP contribution in [0.1, 0.15) is 25.0 Å². The van der Waals surface area contributed by atoms with Crippen molar-refractivity contribution in [3.05, 3.63) is 41.0 Å². The van der Waals surface area contributed by atoms with E-state index in [9.17, 15) is 9.59 Å². The van der Waals surface area contributed by atoms with Gasteiger partial charge in [0, 0.05) is 5.56 Å². The van der Waals surface area contributed by atoms with Gasteiger partial charge < -0.3 is 9.47 Å². The van der Waals surface area contributed by atoms with Crippen LogP contribution in [0.15, 0.2) is 29.8 Å². The molecular formula is C16H16O4. The summed E-state index contributed by atoms with van der Waals surface area (Å²) < 4.78 is 9.70. The van der Waals surface area contributed by atoms with Crippen LogP contribution in [-0.4, -0.2) is 25.2 Å². The summed E-state index contributed by atoms with van der Waals surface area (Å²) in [5.41, 5.74) is 1.25. The molecule has 1 aromatic carbocycles. The molecule has 0 aromatic heterocycles. The largest absolute Gasteiger partial charge is 0.462 e. The molecule has 0 aliphatic heterocycles. The first kappa shape index (κ1) is 15.5. The lowest BCUT2D eigenvalue weighted by Crippen LogP contribution is -2.18. The van der Waals surface area contributed by atoms with E-state index in [1.165, 1.54) is 6.08 Å². The third kappa shape index (κ3) is 4.29. The van der Waals surface area contributed by atoms with E-state index < -0.39 is 11.9 Å². The second-order valence-electron chi connectivity index (χ2n) is 3.77. The first-order valence-corrected chi connectivity index (χ1v) is 6.25. The number of hydrogen-bond acceptors (Lipinski definition) is 4. The van der Waals surface area contributed by atoms with Crippen LogP contribution < -0.4 is 0 Å². The smallest absolute Gasteiger partial charge is 0.345 e. The maximum Gasteiger partial charge on any atom is 0.345 e. The number of esters is 2. The fourth-order valence-electron chi connectivity index (χ4n) is 1.46. The number of ether oxygens (including phenoxy) is 2. The zero-order chi connectivity index (χ0) is 15.0. The lowest BCUT2D eigenvalue weighted by atomic mass is 10.1. The molecule has 0 bridgehead atoms. The van der Waals surface area contributed by atoms with Gasteiger partial charge in [0.15, 0.2) is 0 Å². The number of carbonyl (C=O) groups is 2. The Bertz CT molecular complexity index is 527. The summed E-state index contributed by atoms with van der Waals surface area (Å²) in [5.74, 6) is 1.09. The predicted molar refractivity (Wildman–Crippen MR) is 75.6 cm³/mol. The summed E-state index contributed by atoms with van der Waals surface area (Å²) in [6, 6.07) is 6.88. The number of benzene rings is 1. The highest BCUT2D eigenvalue weighted by atomic mass is 16.6. The molecule has 0 saturated carbocycles. The van der Waals surface area contributed by atoms with Crippen LogP contribution in [-0.2, 0) is 19.1 Å². The van der Waals surface area contributed by atoms with Gasteiger partial charge in [-0.1, -0.05) is 18.1 Å². The van der Waals surface area contributed by atoms with Crippen LogP contribution in [0.4, 0.5) is 0 Å². The van der Waals surface area contributed by atoms with Gasteiger partial charge in [0.25, 0.3) is 0 Å². The highest BCUT2D eigenvalue weighted by Crippen LogP contribution is 2.11. The van der Waals surface area contributed by atoms with Crippen molar-refractivity contribution < 1.29 is 19.1 Å². The van der Waals surface area contributed by atoms with Gasteiger partial charge in [0.05, 0.1) is 13.2 Å². The minimum atomic E-state index is -0.702. The SMILES string of the molecule is C#Cc1ccc(C=C(C(=O)OCC)C(=O)OCC)cc1. The Morgan fingerprint density at radius 3 is 2.00 bits per heavy atom. The fourth-order valence-corrected chi connectivity index (χ4v) is 1.46. The summed E-state index contributed by atoms with van der Waals surface area (Å²) in [6.45, 7) is 3.71. The molecule has 0 unspecified atom stereocenters. The van der Waals surface area contributed by atoms with Gasteiger partial charge in [0.2, 0.25) is 0 Å². The standard InChI is InChI=1S/C16H16O4/c1-4-12-7-9-13(10-8-12)11-14(15(17)19-5-2)16(18)20-6-3/h1,7-11H,5-6H2,2-3H3. The predicted octanol–water partition coefficient (Wildman–Crippen LogP) is 2.18. The normalized spacial score (nSPS) is 9.25. The van der Waals surface area contributed by atoms with Crippen molar-refractivity contribution in [2.45, 2.75) is 13.8 Å². The van der Waals surface area contributed by atoms with E-state index in [1.54, 1.807) is 38.1 Å². The third-order valence-electron chi connectivity index (χ3n) is 2.38. The lowest BCUT2D eigenvalue weighted by Gasteiger charge is -2.06. The van der Waals surface area contributed by atoms with E-state index in [0.717, 1.165) is 5.56 Å². The molecule has 0 atom stereocenters. The van der Waals surface area contributed by atoms with E-state index in [1.807, 2.05) is 0 Å². The maximum atomic E-state index is 11.8. The molecule has 104 valence electrons. The third-order valence-corrected chi connectivity index (χ3v) is 2.38. The maximum absolute atomic E-state index is 11.8. The lowest BCUT2D eigenvalue weighted by molar-refractivity contribution is -0.146. The molecule has 0 radical (unpaired) electrons. The summed E-state index contributed by atoms with van der Waals surface area (Å²) in [7, 11) is 0. The molecule has 0 N–H and O–H groups in total. The second kappa shape index (κ2) is 7.80. The van der Waals surface area contributed by atoms with Crippen molar-refractivity contribution in [3.63, 3.8) is 0 Å². The van der Waals surface area contributed by atoms with Crippen molar-refractivity contribution >= 4 is 18.0 Å². The second-order valence-corrected chi connectivity index (χ2v) is 3.77. The van der Waals surface area contributed by atoms with Gasteiger partial charge in [-0.3, -0.25) is 0 Å². The number of carbonyl (C=O) groups excluding carboxylic acids is 2. The van der Waals surface area contributed by atoms with Crippen molar-refractivity contribution in [3.8, 4) is 12.3 Å². The van der Waals surface area contributed by atoms with Gasteiger partial charge in [-0.25, -0.2) is 9.59 Å². The number of rotatable bonds is 5. The van der Waals surface area contributed by atoms with Crippen LogP contribution in [0.25, 0.3) is 6.08 Å². The van der Waals surface area contributed by atoms with E-state index in [-0.39, 0.29) is 18.8 Å². The van der Waals surface area contributed by atoms with Crippen molar-refractivity contribution in [2.75, 3.05) is 13.2 Å². The highest BCUT2D eigenvalue weighted by molar-refractivity contribution is 6.17. The molecule has 0 fully saturated rings. The van der Waals surface area contributed by atoms with E-state index >= 15 is 0 Å². The number of terminal acetylenes is 1. The molecule has 0 spiro atoms. The summed E-state index contributed by atoms with van der Waals surface area (Å²) in [6.07, 6.45) is 6.69. The van der Waals surface area contributed by atoms with Crippen LogP contribution in [0.2, 0.25) is 0 Å². The Morgan fingerprint density at radius 2 is 1.60 bits per heavy atom. The Hall–Kier alpha value is -2.54. The summed E-state index contributed by atoms with van der Waals surface area (Å²) >= 11 is 0. The molecule has 4 nitrogen and oxygen atoms in total. The molecule has 0 heterocycles. The van der Waals surface area contributed by atoms with Crippen LogP contribution in [0.3, 0.4) is 0 Å². The van der Waals surface area contributed by atoms with Crippen molar-refractivity contribution in [2.24, 2.45) is 0 Å². The van der Waals surface area contributed by atoms with Gasteiger partial charge >= 0.3 is 11.9 Å². The first-order valence-electron chi connectivity index (χ1n) is 6.25. The van der Waals surface area contributed by atoms with Gasteiger partial charge in [-0.15, -0.1) is 6.42 Å². The number of hydrogen-bond donors (Lipinski definition) is 0. The zero-order valence-electron chi connectivity index (χ0n) is 11.5. The van der Waals surface area contributed by atoms with Crippen LogP contribution in [0.5, 0.6) is 0 Å². The quantitative estimate of drug-likeness (QED) is 0.271. The van der Waals surface area contributed by atoms with Crippen LogP contribution in [0, 0.1) is 12.3 Å². The zero-order valence-corrected chi connectivity index (χ0v) is 11.5. The van der Waals surface area contributed by atoms with Crippen molar-refractivity contribution in [1.82, 2.24) is 0 Å². The Kier molecular flexibility index (Phi) is 6.05. The summed E-state index contributed by atoms with van der Waals surface area (Å²) in [4.78, 5) is 23.5. The first-order chi connectivity index (χ1) is 9.62. The average molecular weight is 272 g/mol. The molecule has 0 aliphatic carbocycles. The minimum Gasteiger partial charge on any atom is -0.462 e. The Labute approximate surface area is 118 Å². The van der Waals surface area contributed by atoms with E-state index in [0.29, 0.717) is 5.56 Å². The molecular weight excluding hydrogens is 256 g/mol. The van der Waals surface area contributed by atoms with E-state index in [4.69, 9.17) is 15.9 Å². The Morgan fingerprint density at radius 1 is 1.10 bits per heavy atom. The molecule has 20 heavy (non-hydrogen) atoms. The molecule has 0 amide bonds. The fraction of sp³-hybridized carbons (Fsp3) is 0.250. The van der Waals surface area contributed by atoms with Crippen LogP contribution >= 0.6 is 0 Å². The molecule has 0 saturated heterocycles. The topological polar surface area (TPSA) is 52.6 Å². The highest BCUT2D eigenvalue weighted by Gasteiger charge is 2.20. The van der Waals surface area contributed by atoms with Gasteiger partial charge in [-0.05, 0) is 37.6 Å². The van der Waals surface area contributed by atoms with Gasteiger partial charge in [-0.2, -0.15) is 0 Å². The Balaban J connectivity index is 3.07. The van der Waals surface area contributed by atoms with Gasteiger partial charge in [0.1, 0.15) is 5.57 Å². The monoisotopic (exact) mass is 272 g/mol. The summed E-state index contributed by atoms with van der Waals surface area (Å²) in [5, 5.41) is 0. The molecule has 1 rings (SSSR count). The average Bonchev–Trinajstić information content (AvgIpc) is 2.45. The molecule has 0 aliphatic rings.